The van der Waals surface area contributed by atoms with E-state index < -0.39 is 0 Å². The minimum absolute atomic E-state index is 0.342. The van der Waals surface area contributed by atoms with Gasteiger partial charge in [-0.2, -0.15) is 10.1 Å². The summed E-state index contributed by atoms with van der Waals surface area (Å²) in [7, 11) is 3.34. The van der Waals surface area contributed by atoms with E-state index in [0.717, 1.165) is 0 Å². The van der Waals surface area contributed by atoms with E-state index in [4.69, 9.17) is 10.5 Å². The number of nitrogen functional groups attached to an aromatic ring is 1. The zero-order chi connectivity index (χ0) is 16.4. The molecule has 0 fully saturated rings. The van der Waals surface area contributed by atoms with Crippen LogP contribution in [-0.2, 0) is 11.8 Å². The van der Waals surface area contributed by atoms with E-state index in [1.807, 2.05) is 0 Å². The molecule has 2 aromatic heterocycles. The molecule has 0 spiro atoms. The Morgan fingerprint density at radius 3 is 2.91 bits per heavy atom. The van der Waals surface area contributed by atoms with Crippen LogP contribution in [0, 0.1) is 5.82 Å². The average molecular weight is 316 g/mol. The van der Waals surface area contributed by atoms with Crippen molar-refractivity contribution in [2.24, 2.45) is 7.05 Å². The molecule has 0 amide bonds. The van der Waals surface area contributed by atoms with Crippen LogP contribution in [0.5, 0.6) is 0 Å². The van der Waals surface area contributed by atoms with E-state index in [2.05, 4.69) is 20.4 Å². The first-order chi connectivity index (χ1) is 11.1. The van der Waals surface area contributed by atoms with Crippen molar-refractivity contribution in [3.05, 3.63) is 30.1 Å². The normalized spacial score (nSPS) is 11.1. The summed E-state index contributed by atoms with van der Waals surface area (Å²) in [6.45, 7) is 1.06. The minimum Gasteiger partial charge on any atom is -0.383 e. The van der Waals surface area contributed by atoms with Gasteiger partial charge in [0.1, 0.15) is 11.6 Å². The van der Waals surface area contributed by atoms with Crippen LogP contribution < -0.4 is 11.1 Å². The first-order valence-corrected chi connectivity index (χ1v) is 7.09. The third kappa shape index (κ3) is 2.93. The molecule has 0 saturated heterocycles. The lowest BCUT2D eigenvalue weighted by Crippen LogP contribution is -2.10. The predicted molar refractivity (Wildman–Crippen MR) is 86.5 cm³/mol. The van der Waals surface area contributed by atoms with Crippen molar-refractivity contribution >= 4 is 22.8 Å². The number of methoxy groups -OCH3 is 1. The van der Waals surface area contributed by atoms with E-state index in [1.54, 1.807) is 26.3 Å². The van der Waals surface area contributed by atoms with Crippen molar-refractivity contribution < 1.29 is 9.13 Å². The van der Waals surface area contributed by atoms with Crippen LogP contribution in [0.1, 0.15) is 0 Å². The van der Waals surface area contributed by atoms with Crippen molar-refractivity contribution in [2.45, 2.75) is 0 Å². The molecule has 3 rings (SSSR count). The fourth-order valence-corrected chi connectivity index (χ4v) is 2.30. The smallest absolute Gasteiger partial charge is 0.225 e. The quantitative estimate of drug-likeness (QED) is 0.698. The van der Waals surface area contributed by atoms with Crippen molar-refractivity contribution in [1.82, 2.24) is 19.7 Å². The van der Waals surface area contributed by atoms with Gasteiger partial charge in [0, 0.05) is 26.3 Å². The monoisotopic (exact) mass is 316 g/mol. The van der Waals surface area contributed by atoms with Gasteiger partial charge in [0.25, 0.3) is 0 Å². The number of nitrogens with one attached hydrogen (secondary N) is 1. The zero-order valence-electron chi connectivity index (χ0n) is 12.9. The van der Waals surface area contributed by atoms with Crippen LogP contribution in [0.4, 0.5) is 16.2 Å². The molecule has 0 radical (unpaired) electrons. The number of hydrogen-bond acceptors (Lipinski definition) is 6. The number of halogens is 1. The molecule has 0 unspecified atom stereocenters. The topological polar surface area (TPSA) is 90.9 Å². The van der Waals surface area contributed by atoms with Crippen LogP contribution in [0.15, 0.2) is 24.3 Å². The summed E-state index contributed by atoms with van der Waals surface area (Å²) < 4.78 is 20.1. The molecule has 0 saturated carbocycles. The highest BCUT2D eigenvalue weighted by molar-refractivity contribution is 5.98. The number of aryl methyl sites for hydroxylation is 1. The molecule has 3 N–H and O–H groups in total. The van der Waals surface area contributed by atoms with Crippen LogP contribution >= 0.6 is 0 Å². The molecule has 3 aromatic rings. The van der Waals surface area contributed by atoms with Crippen LogP contribution in [0.3, 0.4) is 0 Å². The van der Waals surface area contributed by atoms with E-state index in [-0.39, 0.29) is 5.82 Å². The second-order valence-corrected chi connectivity index (χ2v) is 5.03. The highest BCUT2D eigenvalue weighted by Gasteiger charge is 2.17. The molecule has 2 heterocycles. The van der Waals surface area contributed by atoms with E-state index in [0.29, 0.717) is 47.2 Å². The maximum Gasteiger partial charge on any atom is 0.225 e. The Hall–Kier alpha value is -2.74. The van der Waals surface area contributed by atoms with Gasteiger partial charge in [0.15, 0.2) is 5.65 Å². The number of hydrogen-bond donors (Lipinski definition) is 2. The second kappa shape index (κ2) is 6.17. The van der Waals surface area contributed by atoms with Gasteiger partial charge >= 0.3 is 0 Å². The number of aromatic nitrogens is 4. The summed E-state index contributed by atoms with van der Waals surface area (Å²) in [6.07, 6.45) is 0. The van der Waals surface area contributed by atoms with Crippen LogP contribution in [-0.4, -0.2) is 40.0 Å². The van der Waals surface area contributed by atoms with Crippen molar-refractivity contribution in [3.63, 3.8) is 0 Å². The standard InChI is InChI=1S/C15H17FN6O/c1-22-13(17)11-12(9-4-3-5-10(16)8-9)19-15(18-6-7-23-2)20-14(11)21-22/h3-5,8H,6-7,17H2,1-2H3,(H,18,20,21). The SMILES string of the molecule is COCCNc1nc(-c2cccc(F)c2)c2c(N)n(C)nc2n1. The number of benzene rings is 1. The van der Waals surface area contributed by atoms with Gasteiger partial charge in [0.05, 0.1) is 17.7 Å². The largest absolute Gasteiger partial charge is 0.383 e. The maximum absolute atomic E-state index is 13.6. The van der Waals surface area contributed by atoms with Crippen molar-refractivity contribution in [3.8, 4) is 11.3 Å². The highest BCUT2D eigenvalue weighted by atomic mass is 19.1. The molecular formula is C15H17FN6O. The first kappa shape index (κ1) is 15.2. The number of rotatable bonds is 5. The molecule has 0 aliphatic heterocycles. The lowest BCUT2D eigenvalue weighted by atomic mass is 10.1. The molecular weight excluding hydrogens is 299 g/mol. The van der Waals surface area contributed by atoms with Gasteiger partial charge in [-0.3, -0.25) is 4.68 Å². The summed E-state index contributed by atoms with van der Waals surface area (Å²) in [5, 5.41) is 7.95. The number of nitrogens with zero attached hydrogens (tertiary/aromatic N) is 4. The zero-order valence-corrected chi connectivity index (χ0v) is 12.9. The molecule has 0 aliphatic carbocycles. The van der Waals surface area contributed by atoms with Crippen LogP contribution in [0.2, 0.25) is 0 Å². The maximum atomic E-state index is 13.6. The molecule has 120 valence electrons. The minimum atomic E-state index is -0.342. The average Bonchev–Trinajstić information content (AvgIpc) is 2.82. The molecule has 23 heavy (non-hydrogen) atoms. The molecule has 0 aliphatic rings. The Morgan fingerprint density at radius 1 is 1.35 bits per heavy atom. The van der Waals surface area contributed by atoms with Crippen molar-refractivity contribution in [2.75, 3.05) is 31.3 Å². The Balaban J connectivity index is 2.16. The lowest BCUT2D eigenvalue weighted by molar-refractivity contribution is 0.210. The Morgan fingerprint density at radius 2 is 2.17 bits per heavy atom. The second-order valence-electron chi connectivity index (χ2n) is 5.03. The Labute approximate surface area is 132 Å². The first-order valence-electron chi connectivity index (χ1n) is 7.09. The third-order valence-electron chi connectivity index (χ3n) is 3.43. The van der Waals surface area contributed by atoms with Gasteiger partial charge < -0.3 is 15.8 Å². The van der Waals surface area contributed by atoms with Gasteiger partial charge in [-0.15, -0.1) is 0 Å². The molecule has 7 nitrogen and oxygen atoms in total. The highest BCUT2D eigenvalue weighted by Crippen LogP contribution is 2.31. The van der Waals surface area contributed by atoms with E-state index >= 15 is 0 Å². The summed E-state index contributed by atoms with van der Waals surface area (Å²) in [4.78, 5) is 8.83. The summed E-state index contributed by atoms with van der Waals surface area (Å²) in [5.74, 6) is 0.486. The summed E-state index contributed by atoms with van der Waals surface area (Å²) in [6, 6.07) is 6.19. The summed E-state index contributed by atoms with van der Waals surface area (Å²) in [5.41, 5.74) is 7.69. The fourth-order valence-electron chi connectivity index (χ4n) is 2.30. The lowest BCUT2D eigenvalue weighted by Gasteiger charge is -2.08. The Bertz CT molecular complexity index is 847. The fraction of sp³-hybridized carbons (Fsp3) is 0.267. The Kier molecular flexibility index (Phi) is 4.07. The van der Waals surface area contributed by atoms with Gasteiger partial charge in [-0.05, 0) is 12.1 Å². The number of fused-ring (bicyclic) bond motifs is 1. The molecule has 1 aromatic carbocycles. The van der Waals surface area contributed by atoms with Gasteiger partial charge in [-0.1, -0.05) is 12.1 Å². The van der Waals surface area contributed by atoms with Gasteiger partial charge in [0.2, 0.25) is 5.95 Å². The van der Waals surface area contributed by atoms with E-state index in [9.17, 15) is 4.39 Å². The van der Waals surface area contributed by atoms with Crippen molar-refractivity contribution in [1.29, 1.82) is 0 Å². The molecule has 0 bridgehead atoms. The van der Waals surface area contributed by atoms with Crippen LogP contribution in [0.25, 0.3) is 22.3 Å². The summed E-state index contributed by atoms with van der Waals surface area (Å²) >= 11 is 0. The van der Waals surface area contributed by atoms with Gasteiger partial charge in [-0.25, -0.2) is 9.37 Å². The predicted octanol–water partition coefficient (Wildman–Crippen LogP) is 1.81. The number of nitrogens with two attached hydrogens (primary N) is 1. The molecule has 0 atom stereocenters. The number of ether oxygens (including phenoxy) is 1. The number of anilines is 2. The molecule has 8 heteroatoms. The van der Waals surface area contributed by atoms with E-state index in [1.165, 1.54) is 16.8 Å². The third-order valence-corrected chi connectivity index (χ3v) is 3.43.